The zero-order valence-electron chi connectivity index (χ0n) is 7.22. The summed E-state index contributed by atoms with van der Waals surface area (Å²) in [4.78, 5) is 0. The van der Waals surface area contributed by atoms with Gasteiger partial charge in [-0.2, -0.15) is 4.39 Å². The van der Waals surface area contributed by atoms with Gasteiger partial charge in [-0.3, -0.25) is 0 Å². The molecular weight excluding hydrogens is 145 g/mol. The zero-order chi connectivity index (χ0) is 8.65. The van der Waals surface area contributed by atoms with Crippen LogP contribution in [-0.4, -0.2) is 15.0 Å². The third kappa shape index (κ3) is 1.39. The second-order valence-electron chi connectivity index (χ2n) is 3.60. The zero-order valence-corrected chi connectivity index (χ0v) is 7.22. The summed E-state index contributed by atoms with van der Waals surface area (Å²) >= 11 is 0. The highest BCUT2D eigenvalue weighted by Crippen LogP contribution is 2.22. The van der Waals surface area contributed by atoms with Crippen molar-refractivity contribution in [1.82, 2.24) is 15.0 Å². The molecule has 0 bridgehead atoms. The first-order valence-corrected chi connectivity index (χ1v) is 3.48. The summed E-state index contributed by atoms with van der Waals surface area (Å²) in [6, 6.07) is 0. The van der Waals surface area contributed by atoms with Crippen LogP contribution in [0.1, 0.15) is 26.5 Å². The number of rotatable bonds is 0. The normalized spacial score (nSPS) is 12.1. The molecule has 0 aliphatic carbocycles. The number of hydrogen-bond acceptors (Lipinski definition) is 2. The number of aryl methyl sites for hydroxylation is 1. The molecule has 3 nitrogen and oxygen atoms in total. The van der Waals surface area contributed by atoms with Gasteiger partial charge >= 0.3 is 0 Å². The highest BCUT2D eigenvalue weighted by Gasteiger charge is 2.23. The molecule has 0 aliphatic heterocycles. The van der Waals surface area contributed by atoms with Gasteiger partial charge in [0.15, 0.2) is 0 Å². The van der Waals surface area contributed by atoms with Crippen LogP contribution in [0.4, 0.5) is 4.39 Å². The van der Waals surface area contributed by atoms with Gasteiger partial charge in [0.2, 0.25) is 0 Å². The number of hydrogen-bond donors (Lipinski definition) is 0. The minimum absolute atomic E-state index is 0.234. The Kier molecular flexibility index (Phi) is 1.70. The Morgan fingerprint density at radius 2 is 1.91 bits per heavy atom. The largest absolute Gasteiger partial charge is 0.256 e. The summed E-state index contributed by atoms with van der Waals surface area (Å²) < 4.78 is 14.4. The second-order valence-corrected chi connectivity index (χ2v) is 3.60. The van der Waals surface area contributed by atoms with Crippen LogP contribution in [0.25, 0.3) is 0 Å². The van der Waals surface area contributed by atoms with Crippen LogP contribution in [0.2, 0.25) is 0 Å². The fourth-order valence-corrected chi connectivity index (χ4v) is 1.13. The van der Waals surface area contributed by atoms with Crippen LogP contribution in [0.3, 0.4) is 0 Å². The van der Waals surface area contributed by atoms with E-state index in [0.717, 1.165) is 0 Å². The van der Waals surface area contributed by atoms with Crippen LogP contribution < -0.4 is 0 Å². The predicted octanol–water partition coefficient (Wildman–Crippen LogP) is 1.25. The van der Waals surface area contributed by atoms with Gasteiger partial charge in [-0.15, -0.1) is 0 Å². The quantitative estimate of drug-likeness (QED) is 0.567. The third-order valence-electron chi connectivity index (χ3n) is 1.50. The third-order valence-corrected chi connectivity index (χ3v) is 1.50. The molecule has 0 aromatic carbocycles. The highest BCUT2D eigenvalue weighted by atomic mass is 19.1. The molecule has 0 radical (unpaired) electrons. The van der Waals surface area contributed by atoms with Crippen molar-refractivity contribution in [2.24, 2.45) is 7.05 Å². The van der Waals surface area contributed by atoms with E-state index < -0.39 is 5.95 Å². The molecule has 1 aromatic heterocycles. The van der Waals surface area contributed by atoms with E-state index in [9.17, 15) is 4.39 Å². The first-order valence-electron chi connectivity index (χ1n) is 3.48. The molecule has 0 saturated carbocycles. The van der Waals surface area contributed by atoms with Gasteiger partial charge in [-0.05, 0) is 0 Å². The van der Waals surface area contributed by atoms with E-state index in [1.807, 2.05) is 20.8 Å². The van der Waals surface area contributed by atoms with Crippen molar-refractivity contribution in [3.63, 3.8) is 0 Å². The molecule has 0 N–H and O–H groups in total. The topological polar surface area (TPSA) is 30.7 Å². The molecule has 0 aliphatic rings. The van der Waals surface area contributed by atoms with Crippen molar-refractivity contribution in [1.29, 1.82) is 0 Å². The summed E-state index contributed by atoms with van der Waals surface area (Å²) in [6.07, 6.45) is 0. The molecule has 0 amide bonds. The maximum absolute atomic E-state index is 12.9. The number of aromatic nitrogens is 3. The van der Waals surface area contributed by atoms with E-state index in [1.165, 1.54) is 4.68 Å². The molecule has 0 fully saturated rings. The molecule has 0 unspecified atom stereocenters. The molecule has 1 rings (SSSR count). The van der Waals surface area contributed by atoms with E-state index in [4.69, 9.17) is 0 Å². The average molecular weight is 157 g/mol. The summed E-state index contributed by atoms with van der Waals surface area (Å²) in [5, 5.41) is 6.90. The Morgan fingerprint density at radius 3 is 2.09 bits per heavy atom. The van der Waals surface area contributed by atoms with Crippen LogP contribution in [0, 0.1) is 5.95 Å². The van der Waals surface area contributed by atoms with Gasteiger partial charge in [-0.1, -0.05) is 31.1 Å². The van der Waals surface area contributed by atoms with Crippen LogP contribution >= 0.6 is 0 Å². The summed E-state index contributed by atoms with van der Waals surface area (Å²) in [5.41, 5.74) is 0.306. The lowest BCUT2D eigenvalue weighted by Gasteiger charge is -2.16. The molecule has 4 heteroatoms. The van der Waals surface area contributed by atoms with Crippen molar-refractivity contribution in [3.05, 3.63) is 11.6 Å². The Balaban J connectivity index is 3.21. The van der Waals surface area contributed by atoms with Crippen LogP contribution in [-0.2, 0) is 12.5 Å². The van der Waals surface area contributed by atoms with Crippen molar-refractivity contribution < 1.29 is 4.39 Å². The first-order chi connectivity index (χ1) is 4.93. The number of nitrogens with zero attached hydrogens (tertiary/aromatic N) is 3. The smallest absolute Gasteiger partial charge is 0.249 e. The van der Waals surface area contributed by atoms with Crippen LogP contribution in [0.15, 0.2) is 0 Å². The van der Waals surface area contributed by atoms with E-state index >= 15 is 0 Å². The van der Waals surface area contributed by atoms with E-state index in [1.54, 1.807) is 7.05 Å². The maximum atomic E-state index is 12.9. The second kappa shape index (κ2) is 2.29. The molecule has 1 heterocycles. The Hall–Kier alpha value is -0.930. The van der Waals surface area contributed by atoms with Crippen molar-refractivity contribution in [2.75, 3.05) is 0 Å². The SMILES string of the molecule is Cn1nnc(F)c1C(C)(C)C. The van der Waals surface area contributed by atoms with E-state index in [2.05, 4.69) is 10.3 Å². The highest BCUT2D eigenvalue weighted by molar-refractivity contribution is 5.09. The molecule has 0 spiro atoms. The molecule has 0 saturated heterocycles. The van der Waals surface area contributed by atoms with Gasteiger partial charge in [-0.25, -0.2) is 4.68 Å². The monoisotopic (exact) mass is 157 g/mol. The lowest BCUT2D eigenvalue weighted by molar-refractivity contribution is 0.478. The average Bonchev–Trinajstić information content (AvgIpc) is 2.08. The standard InChI is InChI=1S/C7H12FN3/c1-7(2,3)5-6(8)9-10-11(5)4/h1-4H3. The van der Waals surface area contributed by atoms with Gasteiger partial charge < -0.3 is 0 Å². The number of halogens is 1. The Bertz CT molecular complexity index is 240. The van der Waals surface area contributed by atoms with Crippen molar-refractivity contribution >= 4 is 0 Å². The van der Waals surface area contributed by atoms with Crippen LogP contribution in [0.5, 0.6) is 0 Å². The van der Waals surface area contributed by atoms with E-state index in [0.29, 0.717) is 5.69 Å². The van der Waals surface area contributed by atoms with Gasteiger partial charge in [0.05, 0.1) is 0 Å². The fourth-order valence-electron chi connectivity index (χ4n) is 1.13. The first kappa shape index (κ1) is 8.17. The maximum Gasteiger partial charge on any atom is 0.256 e. The summed E-state index contributed by atoms with van der Waals surface area (Å²) in [5.74, 6) is -0.472. The lowest BCUT2D eigenvalue weighted by Crippen LogP contribution is -2.18. The van der Waals surface area contributed by atoms with Gasteiger partial charge in [0.25, 0.3) is 5.95 Å². The predicted molar refractivity (Wildman–Crippen MR) is 39.7 cm³/mol. The van der Waals surface area contributed by atoms with Crippen molar-refractivity contribution in [3.8, 4) is 0 Å². The van der Waals surface area contributed by atoms with Gasteiger partial charge in [0.1, 0.15) is 5.69 Å². The molecule has 11 heavy (non-hydrogen) atoms. The molecular formula is C7H12FN3. The lowest BCUT2D eigenvalue weighted by atomic mass is 9.92. The van der Waals surface area contributed by atoms with Crippen molar-refractivity contribution in [2.45, 2.75) is 26.2 Å². The van der Waals surface area contributed by atoms with Gasteiger partial charge in [0, 0.05) is 12.5 Å². The molecule has 1 aromatic rings. The van der Waals surface area contributed by atoms with E-state index in [-0.39, 0.29) is 5.41 Å². The Morgan fingerprint density at radius 1 is 1.36 bits per heavy atom. The molecule has 0 atom stereocenters. The fraction of sp³-hybridized carbons (Fsp3) is 0.714. The summed E-state index contributed by atoms with van der Waals surface area (Å²) in [6.45, 7) is 5.78. The molecule has 62 valence electrons. The minimum atomic E-state index is -0.472. The minimum Gasteiger partial charge on any atom is -0.249 e. The summed E-state index contributed by atoms with van der Waals surface area (Å²) in [7, 11) is 1.69. The Labute approximate surface area is 65.2 Å².